The summed E-state index contributed by atoms with van der Waals surface area (Å²) in [4.78, 5) is 11.8. The van der Waals surface area contributed by atoms with E-state index in [1.165, 1.54) is 0 Å². The van der Waals surface area contributed by atoms with E-state index in [1.54, 1.807) is 0 Å². The van der Waals surface area contributed by atoms with Gasteiger partial charge in [0.15, 0.2) is 6.10 Å². The molecule has 1 heterocycles. The van der Waals surface area contributed by atoms with Crippen LogP contribution in [0.2, 0.25) is 5.02 Å². The Labute approximate surface area is 124 Å². The summed E-state index contributed by atoms with van der Waals surface area (Å²) in [7, 11) is 0. The van der Waals surface area contributed by atoms with Crippen molar-refractivity contribution in [1.82, 2.24) is 10.6 Å². The van der Waals surface area contributed by atoms with Crippen molar-refractivity contribution < 1.29 is 9.53 Å². The lowest BCUT2D eigenvalue weighted by Gasteiger charge is -2.17. The Hall–Kier alpha value is -1.26. The molecule has 1 aromatic carbocycles. The van der Waals surface area contributed by atoms with Gasteiger partial charge in [0, 0.05) is 13.1 Å². The quantitative estimate of drug-likeness (QED) is 0.878. The van der Waals surface area contributed by atoms with E-state index in [4.69, 9.17) is 16.3 Å². The predicted octanol–water partition coefficient (Wildman–Crippen LogP) is 2.50. The molecule has 0 spiro atoms. The average Bonchev–Trinajstić information content (AvgIpc) is 2.64. The van der Waals surface area contributed by atoms with Crippen molar-refractivity contribution in [3.8, 4) is 5.75 Å². The van der Waals surface area contributed by atoms with Crippen LogP contribution in [0.1, 0.15) is 31.7 Å². The molecule has 0 aliphatic carbocycles. The van der Waals surface area contributed by atoms with Gasteiger partial charge in [-0.15, -0.1) is 0 Å². The molecule has 1 fully saturated rings. The summed E-state index contributed by atoms with van der Waals surface area (Å²) >= 11 is 6.23. The third kappa shape index (κ3) is 4.12. The molecule has 110 valence electrons. The van der Waals surface area contributed by atoms with E-state index in [0.717, 1.165) is 44.5 Å². The summed E-state index contributed by atoms with van der Waals surface area (Å²) in [5.74, 6) is 0.532. The van der Waals surface area contributed by atoms with Crippen LogP contribution in [-0.2, 0) is 11.3 Å². The molecule has 2 rings (SSSR count). The molecule has 5 heteroatoms. The molecule has 1 saturated heterocycles. The molecule has 0 bridgehead atoms. The first-order valence-corrected chi connectivity index (χ1v) is 7.52. The van der Waals surface area contributed by atoms with Gasteiger partial charge in [0.05, 0.1) is 5.02 Å². The Balaban J connectivity index is 2.03. The number of carbonyl (C=O) groups is 1. The zero-order valence-corrected chi connectivity index (χ0v) is 12.5. The predicted molar refractivity (Wildman–Crippen MR) is 80.1 cm³/mol. The number of benzene rings is 1. The molecule has 1 unspecified atom stereocenters. The topological polar surface area (TPSA) is 50.4 Å². The van der Waals surface area contributed by atoms with E-state index in [1.807, 2.05) is 18.2 Å². The fourth-order valence-corrected chi connectivity index (χ4v) is 2.44. The van der Waals surface area contributed by atoms with Gasteiger partial charge < -0.3 is 15.4 Å². The summed E-state index contributed by atoms with van der Waals surface area (Å²) in [6.45, 7) is 4.48. The third-order valence-corrected chi connectivity index (χ3v) is 3.62. The Bertz CT molecular complexity index is 465. The maximum atomic E-state index is 11.8. The van der Waals surface area contributed by atoms with E-state index < -0.39 is 6.10 Å². The molecule has 1 aliphatic rings. The number of halogens is 1. The van der Waals surface area contributed by atoms with E-state index >= 15 is 0 Å². The van der Waals surface area contributed by atoms with E-state index in [2.05, 4.69) is 17.6 Å². The van der Waals surface area contributed by atoms with Crippen LogP contribution in [0.4, 0.5) is 0 Å². The molecule has 4 nitrogen and oxygen atoms in total. The summed E-state index contributed by atoms with van der Waals surface area (Å²) in [6, 6.07) is 5.69. The van der Waals surface area contributed by atoms with Crippen molar-refractivity contribution in [3.63, 3.8) is 0 Å². The molecule has 20 heavy (non-hydrogen) atoms. The number of nitrogens with one attached hydrogen (secondary N) is 2. The van der Waals surface area contributed by atoms with Crippen LogP contribution in [0.5, 0.6) is 5.75 Å². The van der Waals surface area contributed by atoms with Crippen LogP contribution in [0, 0.1) is 0 Å². The van der Waals surface area contributed by atoms with Gasteiger partial charge in [0.1, 0.15) is 5.75 Å². The summed E-state index contributed by atoms with van der Waals surface area (Å²) in [6.07, 6.45) is 2.29. The largest absolute Gasteiger partial charge is 0.479 e. The number of amides is 1. The maximum Gasteiger partial charge on any atom is 0.261 e. The molecular formula is C15H21ClN2O2. The number of carbonyl (C=O) groups excluding carboxylic acids is 1. The molecule has 2 N–H and O–H groups in total. The van der Waals surface area contributed by atoms with Gasteiger partial charge in [-0.05, 0) is 43.5 Å². The number of hydrogen-bond acceptors (Lipinski definition) is 3. The normalized spacial score (nSPS) is 19.3. The molecule has 0 aromatic heterocycles. The second-order valence-corrected chi connectivity index (χ2v) is 5.35. The van der Waals surface area contributed by atoms with Crippen LogP contribution in [-0.4, -0.2) is 25.1 Å². The van der Waals surface area contributed by atoms with Gasteiger partial charge in [-0.1, -0.05) is 24.6 Å². The summed E-state index contributed by atoms with van der Waals surface area (Å²) < 4.78 is 5.77. The van der Waals surface area contributed by atoms with Gasteiger partial charge in [-0.25, -0.2) is 0 Å². The van der Waals surface area contributed by atoms with Gasteiger partial charge >= 0.3 is 0 Å². The number of hydrogen-bond donors (Lipinski definition) is 2. The van der Waals surface area contributed by atoms with Crippen molar-refractivity contribution in [3.05, 3.63) is 28.8 Å². The smallest absolute Gasteiger partial charge is 0.261 e. The van der Waals surface area contributed by atoms with Crippen LogP contribution in [0.15, 0.2) is 18.2 Å². The Kier molecular flexibility index (Phi) is 5.68. The number of ether oxygens (including phenoxy) is 1. The number of rotatable bonds is 5. The fourth-order valence-electron chi connectivity index (χ4n) is 2.20. The minimum atomic E-state index is -0.436. The maximum absolute atomic E-state index is 11.8. The first-order chi connectivity index (χ1) is 9.70. The molecule has 1 aromatic rings. The first-order valence-electron chi connectivity index (χ1n) is 7.14. The van der Waals surface area contributed by atoms with E-state index in [9.17, 15) is 4.79 Å². The molecule has 0 radical (unpaired) electrons. The molecule has 1 amide bonds. The van der Waals surface area contributed by atoms with Crippen molar-refractivity contribution in [2.45, 2.75) is 38.8 Å². The molecule has 1 aliphatic heterocycles. The highest BCUT2D eigenvalue weighted by Crippen LogP contribution is 2.27. The Morgan fingerprint density at radius 2 is 2.30 bits per heavy atom. The van der Waals surface area contributed by atoms with Gasteiger partial charge in [-0.2, -0.15) is 0 Å². The molecule has 1 atom stereocenters. The van der Waals surface area contributed by atoms with Crippen molar-refractivity contribution in [2.75, 3.05) is 13.1 Å². The summed E-state index contributed by atoms with van der Waals surface area (Å²) in [5, 5.41) is 6.65. The molecule has 0 saturated carbocycles. The lowest BCUT2D eigenvalue weighted by atomic mass is 10.1. The van der Waals surface area contributed by atoms with Crippen LogP contribution >= 0.6 is 11.6 Å². The van der Waals surface area contributed by atoms with Gasteiger partial charge in [0.2, 0.25) is 0 Å². The third-order valence-electron chi connectivity index (χ3n) is 3.33. The van der Waals surface area contributed by atoms with Crippen LogP contribution in [0.25, 0.3) is 0 Å². The van der Waals surface area contributed by atoms with Crippen molar-refractivity contribution in [2.24, 2.45) is 0 Å². The van der Waals surface area contributed by atoms with Gasteiger partial charge in [0.25, 0.3) is 5.91 Å². The zero-order valence-electron chi connectivity index (χ0n) is 11.7. The second kappa shape index (κ2) is 7.50. The lowest BCUT2D eigenvalue weighted by molar-refractivity contribution is -0.127. The SMILES string of the molecule is CCNCc1ccc(OC2CCCCNC2=O)c(Cl)c1. The van der Waals surface area contributed by atoms with E-state index in [-0.39, 0.29) is 5.91 Å². The van der Waals surface area contributed by atoms with Crippen molar-refractivity contribution in [1.29, 1.82) is 0 Å². The standard InChI is InChI=1S/C15H21ClN2O2/c1-2-17-10-11-6-7-13(12(16)9-11)20-14-5-3-4-8-18-15(14)19/h6-7,9,14,17H,2-5,8,10H2,1H3,(H,18,19). The first kappa shape index (κ1) is 15.1. The van der Waals surface area contributed by atoms with Crippen molar-refractivity contribution >= 4 is 17.5 Å². The zero-order chi connectivity index (χ0) is 14.4. The molecular weight excluding hydrogens is 276 g/mol. The minimum absolute atomic E-state index is 0.0460. The monoisotopic (exact) mass is 296 g/mol. The van der Waals surface area contributed by atoms with Crippen LogP contribution in [0.3, 0.4) is 0 Å². The highest BCUT2D eigenvalue weighted by atomic mass is 35.5. The van der Waals surface area contributed by atoms with E-state index in [0.29, 0.717) is 10.8 Å². The summed E-state index contributed by atoms with van der Waals surface area (Å²) in [5.41, 5.74) is 1.11. The van der Waals surface area contributed by atoms with Crippen LogP contribution < -0.4 is 15.4 Å². The highest BCUT2D eigenvalue weighted by Gasteiger charge is 2.23. The highest BCUT2D eigenvalue weighted by molar-refractivity contribution is 6.32. The average molecular weight is 297 g/mol. The Morgan fingerprint density at radius 3 is 3.05 bits per heavy atom. The minimum Gasteiger partial charge on any atom is -0.479 e. The van der Waals surface area contributed by atoms with Gasteiger partial charge in [-0.3, -0.25) is 4.79 Å². The Morgan fingerprint density at radius 1 is 1.45 bits per heavy atom. The second-order valence-electron chi connectivity index (χ2n) is 4.94. The fraction of sp³-hybridized carbons (Fsp3) is 0.533. The lowest BCUT2D eigenvalue weighted by Crippen LogP contribution is -2.36.